The van der Waals surface area contributed by atoms with Crippen LogP contribution in [-0.2, 0) is 4.79 Å². The summed E-state index contributed by atoms with van der Waals surface area (Å²) in [6, 6.07) is 0. The maximum Gasteiger partial charge on any atom is 0.136 e. The van der Waals surface area contributed by atoms with Crippen LogP contribution in [0.3, 0.4) is 0 Å². The van der Waals surface area contributed by atoms with Crippen LogP contribution in [0.1, 0.15) is 84.5 Å². The monoisotopic (exact) mass is 409 g/mol. The fraction of sp³-hybridized carbons (Fsp3) is 0.821. The van der Waals surface area contributed by atoms with Gasteiger partial charge in [0.15, 0.2) is 0 Å². The van der Waals surface area contributed by atoms with E-state index in [2.05, 4.69) is 38.5 Å². The molecule has 0 bridgehead atoms. The molecule has 4 saturated carbocycles. The van der Waals surface area contributed by atoms with Crippen LogP contribution in [0.25, 0.3) is 0 Å². The Labute approximate surface area is 184 Å². The summed E-state index contributed by atoms with van der Waals surface area (Å²) in [5.74, 6) is 3.63. The second kappa shape index (κ2) is 7.61. The summed E-state index contributed by atoms with van der Waals surface area (Å²) in [5, 5.41) is 0. The molecule has 4 aliphatic carbocycles. The van der Waals surface area contributed by atoms with Crippen molar-refractivity contribution in [3.05, 3.63) is 23.8 Å². The third-order valence-electron chi connectivity index (χ3n) is 10.9. The van der Waals surface area contributed by atoms with Gasteiger partial charge in [-0.25, -0.2) is 0 Å². The predicted molar refractivity (Wildman–Crippen MR) is 124 cm³/mol. The van der Waals surface area contributed by atoms with E-state index in [4.69, 9.17) is 0 Å². The lowest BCUT2D eigenvalue weighted by Crippen LogP contribution is -2.55. The number of allylic oxidation sites excluding steroid dienone is 3. The standard InChI is InChI=1S/C28H43NO/c1-19-5-8-23-26-24(10-14-27(19,23)2)28(3)13-9-21(17-22(28)18-25(26)30)7-6-20-11-15-29(4)16-12-20/h7,20,22-24,26H,1,5-6,8-18H2,2-4H3/b21-7+/t22?,23?,24?,26?,27-,28+/m1/s1. The van der Waals surface area contributed by atoms with E-state index in [1.54, 1.807) is 5.57 Å². The number of hydrogen-bond acceptors (Lipinski definition) is 2. The average Bonchev–Trinajstić information content (AvgIpc) is 3.03. The van der Waals surface area contributed by atoms with Crippen molar-refractivity contribution in [2.24, 2.45) is 40.4 Å². The molecule has 5 rings (SSSR count). The van der Waals surface area contributed by atoms with Crippen LogP contribution in [0.5, 0.6) is 0 Å². The first kappa shape index (κ1) is 21.0. The zero-order valence-corrected chi connectivity index (χ0v) is 19.7. The summed E-state index contributed by atoms with van der Waals surface area (Å²) >= 11 is 0. The van der Waals surface area contributed by atoms with Gasteiger partial charge in [-0.05, 0) is 119 Å². The number of Topliss-reactive ketones (excluding diaryl/α,β-unsaturated/α-hetero) is 1. The van der Waals surface area contributed by atoms with Crippen molar-refractivity contribution in [2.45, 2.75) is 84.5 Å². The molecule has 166 valence electrons. The number of rotatable bonds is 2. The van der Waals surface area contributed by atoms with Gasteiger partial charge < -0.3 is 4.90 Å². The minimum absolute atomic E-state index is 0.244. The summed E-state index contributed by atoms with van der Waals surface area (Å²) in [7, 11) is 2.25. The lowest BCUT2D eigenvalue weighted by molar-refractivity contribution is -0.150. The summed E-state index contributed by atoms with van der Waals surface area (Å²) in [6.45, 7) is 11.9. The van der Waals surface area contributed by atoms with Crippen molar-refractivity contribution in [3.63, 3.8) is 0 Å². The van der Waals surface area contributed by atoms with E-state index in [9.17, 15) is 4.79 Å². The first-order chi connectivity index (χ1) is 14.3. The average molecular weight is 410 g/mol. The SMILES string of the molecule is C=C1CCC2C3C(=O)CC4C/C(=C/CC5CCN(C)CC5)CC[C@]4(C)C3CC[C@]12C. The molecule has 1 aliphatic heterocycles. The normalized spacial score (nSPS) is 46.6. The van der Waals surface area contributed by atoms with Crippen LogP contribution < -0.4 is 0 Å². The summed E-state index contributed by atoms with van der Waals surface area (Å²) in [4.78, 5) is 16.0. The molecular formula is C28H43NO. The van der Waals surface area contributed by atoms with Crippen LogP contribution >= 0.6 is 0 Å². The minimum Gasteiger partial charge on any atom is -0.306 e. The maximum absolute atomic E-state index is 13.5. The largest absolute Gasteiger partial charge is 0.306 e. The molecule has 6 atom stereocenters. The third-order valence-corrected chi connectivity index (χ3v) is 10.9. The van der Waals surface area contributed by atoms with E-state index in [1.807, 2.05) is 0 Å². The third kappa shape index (κ3) is 3.28. The van der Waals surface area contributed by atoms with Gasteiger partial charge in [0.25, 0.3) is 0 Å². The van der Waals surface area contributed by atoms with E-state index in [0.29, 0.717) is 34.9 Å². The van der Waals surface area contributed by atoms with Crippen LogP contribution in [0.4, 0.5) is 0 Å². The number of carbonyl (C=O) groups is 1. The fourth-order valence-corrected chi connectivity index (χ4v) is 8.51. The number of ketones is 1. The molecule has 0 aromatic heterocycles. The molecule has 0 amide bonds. The minimum atomic E-state index is 0.244. The lowest BCUT2D eigenvalue weighted by Gasteiger charge is -2.59. The number of carbonyl (C=O) groups excluding carboxylic acids is 1. The summed E-state index contributed by atoms with van der Waals surface area (Å²) in [5.41, 5.74) is 3.74. The number of hydrogen-bond donors (Lipinski definition) is 0. The van der Waals surface area contributed by atoms with Gasteiger partial charge >= 0.3 is 0 Å². The zero-order chi connectivity index (χ0) is 21.1. The molecule has 0 spiro atoms. The van der Waals surface area contributed by atoms with Crippen molar-refractivity contribution < 1.29 is 4.79 Å². The highest BCUT2D eigenvalue weighted by Crippen LogP contribution is 2.66. The van der Waals surface area contributed by atoms with Crippen LogP contribution in [0.2, 0.25) is 0 Å². The molecule has 0 N–H and O–H groups in total. The Balaban J connectivity index is 1.30. The van der Waals surface area contributed by atoms with E-state index in [-0.39, 0.29) is 5.41 Å². The first-order valence-electron chi connectivity index (χ1n) is 12.9. The maximum atomic E-state index is 13.5. The first-order valence-corrected chi connectivity index (χ1v) is 12.9. The molecule has 4 unspecified atom stereocenters. The molecule has 2 nitrogen and oxygen atoms in total. The van der Waals surface area contributed by atoms with Gasteiger partial charge in [-0.3, -0.25) is 4.79 Å². The van der Waals surface area contributed by atoms with Crippen molar-refractivity contribution in [2.75, 3.05) is 20.1 Å². The van der Waals surface area contributed by atoms with Gasteiger partial charge in [0.1, 0.15) is 5.78 Å². The molecule has 0 aromatic carbocycles. The highest BCUT2D eigenvalue weighted by Gasteiger charge is 2.61. The number of piperidine rings is 1. The number of fused-ring (bicyclic) bond motifs is 5. The van der Waals surface area contributed by atoms with E-state index in [0.717, 1.165) is 18.8 Å². The van der Waals surface area contributed by atoms with E-state index < -0.39 is 0 Å². The quantitative estimate of drug-likeness (QED) is 0.490. The van der Waals surface area contributed by atoms with Gasteiger partial charge in [0, 0.05) is 12.3 Å². The summed E-state index contributed by atoms with van der Waals surface area (Å²) < 4.78 is 0. The molecular weight excluding hydrogens is 366 g/mol. The molecule has 30 heavy (non-hydrogen) atoms. The fourth-order valence-electron chi connectivity index (χ4n) is 8.51. The van der Waals surface area contributed by atoms with Crippen molar-refractivity contribution >= 4 is 5.78 Å². The highest BCUT2D eigenvalue weighted by molar-refractivity contribution is 5.83. The Bertz CT molecular complexity index is 744. The van der Waals surface area contributed by atoms with Gasteiger partial charge in [-0.15, -0.1) is 0 Å². The predicted octanol–water partition coefficient (Wildman–Crippen LogP) is 6.42. The zero-order valence-electron chi connectivity index (χ0n) is 19.7. The molecule has 5 fully saturated rings. The van der Waals surface area contributed by atoms with Crippen molar-refractivity contribution in [1.29, 1.82) is 0 Å². The Morgan fingerprint density at radius 1 is 1.03 bits per heavy atom. The Hall–Kier alpha value is -0.890. The highest BCUT2D eigenvalue weighted by atomic mass is 16.1. The van der Waals surface area contributed by atoms with E-state index in [1.165, 1.54) is 76.5 Å². The second-order valence-electron chi connectivity index (χ2n) is 12.3. The Morgan fingerprint density at radius 2 is 1.80 bits per heavy atom. The van der Waals surface area contributed by atoms with E-state index >= 15 is 0 Å². The van der Waals surface area contributed by atoms with Gasteiger partial charge in [-0.1, -0.05) is 37.6 Å². The van der Waals surface area contributed by atoms with Crippen molar-refractivity contribution in [1.82, 2.24) is 4.90 Å². The molecule has 5 aliphatic rings. The lowest BCUT2D eigenvalue weighted by atomic mass is 9.44. The molecule has 2 heteroatoms. The topological polar surface area (TPSA) is 20.3 Å². The second-order valence-corrected chi connectivity index (χ2v) is 12.3. The van der Waals surface area contributed by atoms with Crippen molar-refractivity contribution in [3.8, 4) is 0 Å². The van der Waals surface area contributed by atoms with Gasteiger partial charge in [0.2, 0.25) is 0 Å². The Kier molecular flexibility index (Phi) is 5.32. The molecule has 1 saturated heterocycles. The van der Waals surface area contributed by atoms with Gasteiger partial charge in [-0.2, -0.15) is 0 Å². The molecule has 0 aromatic rings. The number of nitrogens with zero attached hydrogens (tertiary/aromatic N) is 1. The smallest absolute Gasteiger partial charge is 0.136 e. The van der Waals surface area contributed by atoms with Crippen LogP contribution in [0, 0.1) is 40.4 Å². The Morgan fingerprint density at radius 3 is 2.57 bits per heavy atom. The number of likely N-dealkylation sites (tertiary alicyclic amines) is 1. The molecule has 1 heterocycles. The van der Waals surface area contributed by atoms with Crippen LogP contribution in [0.15, 0.2) is 23.8 Å². The van der Waals surface area contributed by atoms with Gasteiger partial charge in [0.05, 0.1) is 0 Å². The molecule has 0 radical (unpaired) electrons. The van der Waals surface area contributed by atoms with Crippen LogP contribution in [-0.4, -0.2) is 30.8 Å². The summed E-state index contributed by atoms with van der Waals surface area (Å²) in [6.07, 6.45) is 16.1.